The molecule has 1 atom stereocenters. The predicted octanol–water partition coefficient (Wildman–Crippen LogP) is 3.21. The molecule has 0 N–H and O–H groups in total. The summed E-state index contributed by atoms with van der Waals surface area (Å²) in [6, 6.07) is 11.6. The minimum absolute atomic E-state index is 0.134. The number of carbonyl (C=O) groups excluding carboxylic acids is 2. The number of esters is 1. The Hall–Kier alpha value is -3.62. The average molecular weight is 416 g/mol. The Morgan fingerprint density at radius 3 is 2.40 bits per heavy atom. The van der Waals surface area contributed by atoms with Gasteiger partial charge in [-0.1, -0.05) is 30.3 Å². The van der Waals surface area contributed by atoms with Gasteiger partial charge in [0, 0.05) is 19.7 Å². The fourth-order valence-electron chi connectivity index (χ4n) is 2.81. The average Bonchev–Trinajstić information content (AvgIpc) is 2.73. The van der Waals surface area contributed by atoms with E-state index >= 15 is 0 Å². The van der Waals surface area contributed by atoms with E-state index in [1.54, 1.807) is 14.0 Å². The van der Waals surface area contributed by atoms with Crippen LogP contribution in [0.4, 0.5) is 5.69 Å². The Kier molecular flexibility index (Phi) is 7.74. The number of likely N-dealkylation sites (N-methyl/N-ethyl adjacent to an activating group) is 1. The number of nitro groups is 1. The molecule has 2 rings (SSSR count). The maximum absolute atomic E-state index is 12.6. The van der Waals surface area contributed by atoms with E-state index in [9.17, 15) is 19.7 Å². The van der Waals surface area contributed by atoms with E-state index in [-0.39, 0.29) is 23.7 Å². The number of benzene rings is 2. The van der Waals surface area contributed by atoms with E-state index in [1.165, 1.54) is 25.0 Å². The zero-order chi connectivity index (χ0) is 22.3. The number of nitrogens with zero attached hydrogens (tertiary/aromatic N) is 2. The van der Waals surface area contributed by atoms with Crippen molar-refractivity contribution in [3.8, 4) is 11.5 Å². The van der Waals surface area contributed by atoms with Crippen LogP contribution in [0.25, 0.3) is 0 Å². The van der Waals surface area contributed by atoms with Crippen molar-refractivity contribution >= 4 is 17.6 Å². The van der Waals surface area contributed by atoms with Gasteiger partial charge < -0.3 is 19.1 Å². The largest absolute Gasteiger partial charge is 0.493 e. The second kappa shape index (κ2) is 10.2. The highest BCUT2D eigenvalue weighted by atomic mass is 16.6. The Labute approximate surface area is 174 Å². The highest BCUT2D eigenvalue weighted by Crippen LogP contribution is 2.35. The molecule has 0 aliphatic rings. The van der Waals surface area contributed by atoms with Crippen LogP contribution in [0.2, 0.25) is 0 Å². The van der Waals surface area contributed by atoms with Crippen molar-refractivity contribution in [3.63, 3.8) is 0 Å². The number of carbonyl (C=O) groups is 2. The number of ether oxygens (including phenoxy) is 3. The molecule has 9 heteroatoms. The summed E-state index contributed by atoms with van der Waals surface area (Å²) < 4.78 is 15.7. The highest BCUT2D eigenvalue weighted by molar-refractivity contribution is 5.96. The van der Waals surface area contributed by atoms with Crippen molar-refractivity contribution in [1.29, 1.82) is 0 Å². The summed E-state index contributed by atoms with van der Waals surface area (Å²) in [5.74, 6) is -1.16. The monoisotopic (exact) mass is 416 g/mol. The fraction of sp³-hybridized carbons (Fsp3) is 0.333. The van der Waals surface area contributed by atoms with Gasteiger partial charge in [0.25, 0.3) is 11.6 Å². The highest BCUT2D eigenvalue weighted by Gasteiger charge is 2.29. The summed E-state index contributed by atoms with van der Waals surface area (Å²) >= 11 is 0. The van der Waals surface area contributed by atoms with Crippen molar-refractivity contribution in [2.75, 3.05) is 20.8 Å². The standard InChI is InChI=1S/C21H24N2O7/c1-5-29-19-12-17(23(26)27)16(11-18(19)28-4)21(25)30-14(2)20(24)22(3)13-15-9-7-6-8-10-15/h6-12,14H,5,13H2,1-4H3/t14-/m1/s1. The molecule has 30 heavy (non-hydrogen) atoms. The molecule has 2 aromatic carbocycles. The number of methoxy groups -OCH3 is 1. The van der Waals surface area contributed by atoms with Gasteiger partial charge in [-0.05, 0) is 19.4 Å². The molecular weight excluding hydrogens is 392 g/mol. The van der Waals surface area contributed by atoms with Crippen molar-refractivity contribution in [2.24, 2.45) is 0 Å². The van der Waals surface area contributed by atoms with Crippen molar-refractivity contribution < 1.29 is 28.7 Å². The maximum atomic E-state index is 12.6. The Balaban J connectivity index is 2.19. The van der Waals surface area contributed by atoms with Gasteiger partial charge in [0.05, 0.1) is 24.7 Å². The number of amides is 1. The first kappa shape index (κ1) is 22.7. The lowest BCUT2D eigenvalue weighted by molar-refractivity contribution is -0.385. The first-order chi connectivity index (χ1) is 14.3. The topological polar surface area (TPSA) is 108 Å². The van der Waals surface area contributed by atoms with Gasteiger partial charge in [0.15, 0.2) is 17.6 Å². The number of nitro benzene ring substituents is 1. The lowest BCUT2D eigenvalue weighted by Crippen LogP contribution is -2.37. The lowest BCUT2D eigenvalue weighted by atomic mass is 10.1. The zero-order valence-electron chi connectivity index (χ0n) is 17.3. The van der Waals surface area contributed by atoms with Crippen molar-refractivity contribution in [2.45, 2.75) is 26.5 Å². The predicted molar refractivity (Wildman–Crippen MR) is 109 cm³/mol. The summed E-state index contributed by atoms with van der Waals surface area (Å²) in [7, 11) is 2.94. The number of hydrogen-bond donors (Lipinski definition) is 0. The molecule has 0 heterocycles. The minimum atomic E-state index is -1.14. The lowest BCUT2D eigenvalue weighted by Gasteiger charge is -2.21. The first-order valence-corrected chi connectivity index (χ1v) is 9.27. The molecule has 2 aromatic rings. The van der Waals surface area contributed by atoms with Crippen molar-refractivity contribution in [1.82, 2.24) is 4.90 Å². The molecule has 0 saturated heterocycles. The molecule has 160 valence electrons. The van der Waals surface area contributed by atoms with E-state index in [2.05, 4.69) is 0 Å². The normalized spacial score (nSPS) is 11.3. The summed E-state index contributed by atoms with van der Waals surface area (Å²) in [4.78, 5) is 37.3. The van der Waals surface area contributed by atoms with Crippen LogP contribution in [0.3, 0.4) is 0 Å². The van der Waals surface area contributed by atoms with Crippen LogP contribution in [0.1, 0.15) is 29.8 Å². The van der Waals surface area contributed by atoms with Gasteiger partial charge in [-0.2, -0.15) is 0 Å². The summed E-state index contributed by atoms with van der Waals surface area (Å²) in [5.41, 5.74) is 0.0889. The smallest absolute Gasteiger partial charge is 0.346 e. The third-order valence-corrected chi connectivity index (χ3v) is 4.27. The van der Waals surface area contributed by atoms with Gasteiger partial charge >= 0.3 is 5.97 Å². The van der Waals surface area contributed by atoms with Gasteiger partial charge in [-0.25, -0.2) is 4.79 Å². The second-order valence-electron chi connectivity index (χ2n) is 6.44. The van der Waals surface area contributed by atoms with Gasteiger partial charge in [0.1, 0.15) is 5.56 Å². The van der Waals surface area contributed by atoms with E-state index in [0.717, 1.165) is 11.6 Å². The van der Waals surface area contributed by atoms with Crippen LogP contribution in [0.15, 0.2) is 42.5 Å². The SMILES string of the molecule is CCOc1cc([N+](=O)[O-])c(C(=O)O[C@H](C)C(=O)N(C)Cc2ccccc2)cc1OC. The Morgan fingerprint density at radius 2 is 1.83 bits per heavy atom. The molecular formula is C21H24N2O7. The fourth-order valence-corrected chi connectivity index (χ4v) is 2.81. The third-order valence-electron chi connectivity index (χ3n) is 4.27. The number of hydrogen-bond acceptors (Lipinski definition) is 7. The van der Waals surface area contributed by atoms with Crippen LogP contribution in [0.5, 0.6) is 11.5 Å². The molecule has 0 aromatic heterocycles. The Bertz CT molecular complexity index is 915. The van der Waals surface area contributed by atoms with Crippen LogP contribution < -0.4 is 9.47 Å². The third kappa shape index (κ3) is 5.47. The van der Waals surface area contributed by atoms with Crippen LogP contribution in [-0.2, 0) is 16.1 Å². The molecule has 0 spiro atoms. The molecule has 0 radical (unpaired) electrons. The van der Waals surface area contributed by atoms with Crippen molar-refractivity contribution in [3.05, 3.63) is 63.7 Å². The van der Waals surface area contributed by atoms with E-state index < -0.39 is 28.6 Å². The molecule has 0 unspecified atom stereocenters. The molecule has 0 bridgehead atoms. The first-order valence-electron chi connectivity index (χ1n) is 9.27. The van der Waals surface area contributed by atoms with Gasteiger partial charge in [-0.15, -0.1) is 0 Å². The van der Waals surface area contributed by atoms with Gasteiger partial charge in [0.2, 0.25) is 0 Å². The maximum Gasteiger partial charge on any atom is 0.346 e. The summed E-state index contributed by atoms with van der Waals surface area (Å²) in [5, 5.41) is 11.4. The second-order valence-corrected chi connectivity index (χ2v) is 6.44. The molecule has 0 fully saturated rings. The minimum Gasteiger partial charge on any atom is -0.493 e. The summed E-state index contributed by atoms with van der Waals surface area (Å²) in [6.07, 6.45) is -1.14. The zero-order valence-corrected chi connectivity index (χ0v) is 17.3. The van der Waals surface area contributed by atoms with Crippen LogP contribution in [0, 0.1) is 10.1 Å². The van der Waals surface area contributed by atoms with Crippen LogP contribution in [-0.4, -0.2) is 48.6 Å². The quantitative estimate of drug-likeness (QED) is 0.351. The van der Waals surface area contributed by atoms with Gasteiger partial charge in [-0.3, -0.25) is 14.9 Å². The molecule has 0 aliphatic heterocycles. The van der Waals surface area contributed by atoms with E-state index in [0.29, 0.717) is 6.54 Å². The number of rotatable bonds is 9. The van der Waals surface area contributed by atoms with Crippen LogP contribution >= 0.6 is 0 Å². The molecule has 0 saturated carbocycles. The molecule has 1 amide bonds. The Morgan fingerprint density at radius 1 is 1.17 bits per heavy atom. The summed E-state index contributed by atoms with van der Waals surface area (Å²) in [6.45, 7) is 3.72. The molecule has 9 nitrogen and oxygen atoms in total. The van der Waals surface area contributed by atoms with E-state index in [4.69, 9.17) is 14.2 Å². The molecule has 0 aliphatic carbocycles. The van der Waals surface area contributed by atoms with E-state index in [1.807, 2.05) is 30.3 Å².